The largest absolute Gasteiger partial charge is 0.378 e. The van der Waals surface area contributed by atoms with Crippen LogP contribution in [0.25, 0.3) is 0 Å². The number of hydrogen-bond donors (Lipinski definition) is 1. The molecule has 1 N–H and O–H groups in total. The van der Waals surface area contributed by atoms with Crippen LogP contribution >= 0.6 is 0 Å². The fourth-order valence-corrected chi connectivity index (χ4v) is 3.18. The molecule has 2 saturated carbocycles. The Morgan fingerprint density at radius 3 is 2.73 bits per heavy atom. The van der Waals surface area contributed by atoms with Gasteiger partial charge in [0.25, 0.3) is 0 Å². The van der Waals surface area contributed by atoms with Gasteiger partial charge >= 0.3 is 0 Å². The molecular formula is C12H19NO2. The number of hydrogen-bond acceptors (Lipinski definition) is 3. The van der Waals surface area contributed by atoms with Gasteiger partial charge in [0, 0.05) is 23.4 Å². The first-order valence-electron chi connectivity index (χ1n) is 6.09. The Kier molecular flexibility index (Phi) is 2.15. The van der Waals surface area contributed by atoms with Crippen molar-refractivity contribution in [2.45, 2.75) is 44.7 Å². The fourth-order valence-electron chi connectivity index (χ4n) is 3.18. The molecule has 1 aliphatic heterocycles. The zero-order valence-electron chi connectivity index (χ0n) is 9.29. The van der Waals surface area contributed by atoms with Gasteiger partial charge in [-0.25, -0.2) is 0 Å². The van der Waals surface area contributed by atoms with Crippen molar-refractivity contribution in [2.75, 3.05) is 13.2 Å². The zero-order valence-corrected chi connectivity index (χ0v) is 9.29. The molecule has 1 saturated heterocycles. The predicted molar refractivity (Wildman–Crippen MR) is 56.6 cm³/mol. The van der Waals surface area contributed by atoms with E-state index in [4.69, 9.17) is 4.74 Å². The maximum Gasteiger partial charge on any atom is 0.143 e. The maximum absolute atomic E-state index is 12.2. The van der Waals surface area contributed by atoms with E-state index in [1.165, 1.54) is 0 Å². The van der Waals surface area contributed by atoms with Crippen LogP contribution < -0.4 is 5.32 Å². The van der Waals surface area contributed by atoms with Gasteiger partial charge < -0.3 is 10.1 Å². The molecule has 3 atom stereocenters. The molecule has 3 rings (SSSR count). The molecule has 0 aromatic rings. The molecule has 3 nitrogen and oxygen atoms in total. The van der Waals surface area contributed by atoms with Crippen LogP contribution in [0.15, 0.2) is 0 Å². The minimum atomic E-state index is 0.132. The first-order chi connectivity index (χ1) is 7.21. The van der Waals surface area contributed by atoms with E-state index < -0.39 is 0 Å². The van der Waals surface area contributed by atoms with Crippen molar-refractivity contribution >= 4 is 5.78 Å². The van der Waals surface area contributed by atoms with Gasteiger partial charge in [0.2, 0.25) is 0 Å². The summed E-state index contributed by atoms with van der Waals surface area (Å²) in [6.07, 6.45) is 4.49. The van der Waals surface area contributed by atoms with Crippen molar-refractivity contribution < 1.29 is 9.53 Å². The van der Waals surface area contributed by atoms with E-state index >= 15 is 0 Å². The third kappa shape index (κ3) is 1.53. The third-order valence-corrected chi connectivity index (χ3v) is 4.30. The lowest BCUT2D eigenvalue weighted by atomic mass is 9.93. The van der Waals surface area contributed by atoms with Gasteiger partial charge in [0.1, 0.15) is 5.78 Å². The number of carbonyl (C=O) groups is 1. The summed E-state index contributed by atoms with van der Waals surface area (Å²) < 4.78 is 5.53. The number of morpholine rings is 1. The Morgan fingerprint density at radius 1 is 1.33 bits per heavy atom. The summed E-state index contributed by atoms with van der Waals surface area (Å²) in [6, 6.07) is 0.675. The van der Waals surface area contributed by atoms with Crippen molar-refractivity contribution in [2.24, 2.45) is 11.3 Å². The minimum absolute atomic E-state index is 0.132. The lowest BCUT2D eigenvalue weighted by Crippen LogP contribution is -2.52. The molecule has 3 aliphatic rings. The number of carbonyl (C=O) groups excluding carboxylic acids is 1. The molecule has 1 spiro atoms. The van der Waals surface area contributed by atoms with Crippen LogP contribution in [0, 0.1) is 11.3 Å². The van der Waals surface area contributed by atoms with E-state index in [-0.39, 0.29) is 17.4 Å². The molecule has 0 aromatic carbocycles. The molecule has 2 aliphatic carbocycles. The summed E-state index contributed by atoms with van der Waals surface area (Å²) in [6.45, 7) is 3.62. The Labute approximate surface area is 90.6 Å². The molecule has 15 heavy (non-hydrogen) atoms. The highest BCUT2D eigenvalue weighted by molar-refractivity contribution is 5.92. The molecule has 1 heterocycles. The highest BCUT2D eigenvalue weighted by Crippen LogP contribution is 2.57. The number of ketones is 1. The molecule has 0 radical (unpaired) electrons. The van der Waals surface area contributed by atoms with Gasteiger partial charge in [0.05, 0.1) is 13.2 Å². The van der Waals surface area contributed by atoms with Gasteiger partial charge in [0.15, 0.2) is 0 Å². The monoisotopic (exact) mass is 209 g/mol. The van der Waals surface area contributed by atoms with Gasteiger partial charge in [-0.05, 0) is 32.6 Å². The molecule has 84 valence electrons. The van der Waals surface area contributed by atoms with Gasteiger partial charge in [-0.3, -0.25) is 4.79 Å². The minimum Gasteiger partial charge on any atom is -0.378 e. The van der Waals surface area contributed by atoms with E-state index in [1.54, 1.807) is 0 Å². The average Bonchev–Trinajstić information content (AvgIpc) is 2.92. The fraction of sp³-hybridized carbons (Fsp3) is 0.917. The lowest BCUT2D eigenvalue weighted by molar-refractivity contribution is -0.127. The highest BCUT2D eigenvalue weighted by Gasteiger charge is 2.57. The van der Waals surface area contributed by atoms with Crippen LogP contribution in [0.2, 0.25) is 0 Å². The molecule has 0 aromatic heterocycles. The molecule has 3 heteroatoms. The SMILES string of the molecule is CC1COCC(C2CCC3(CC3)C2=O)N1. The Balaban J connectivity index is 1.69. The lowest BCUT2D eigenvalue weighted by Gasteiger charge is -2.32. The van der Waals surface area contributed by atoms with E-state index in [2.05, 4.69) is 12.2 Å². The van der Waals surface area contributed by atoms with E-state index in [9.17, 15) is 4.79 Å². The Bertz CT molecular complexity index is 285. The summed E-state index contributed by atoms with van der Waals surface area (Å²) in [5.74, 6) is 0.757. The summed E-state index contributed by atoms with van der Waals surface area (Å²) in [7, 11) is 0. The van der Waals surface area contributed by atoms with Gasteiger partial charge in [-0.2, -0.15) is 0 Å². The molecule has 3 unspecified atom stereocenters. The smallest absolute Gasteiger partial charge is 0.143 e. The van der Waals surface area contributed by atoms with Crippen LogP contribution in [0.4, 0.5) is 0 Å². The number of nitrogens with one attached hydrogen (secondary N) is 1. The van der Waals surface area contributed by atoms with Crippen LogP contribution in [0.3, 0.4) is 0 Å². The van der Waals surface area contributed by atoms with E-state index in [1.807, 2.05) is 0 Å². The summed E-state index contributed by atoms with van der Waals surface area (Å²) in [5.41, 5.74) is 0.132. The van der Waals surface area contributed by atoms with Crippen LogP contribution in [0.1, 0.15) is 32.6 Å². The van der Waals surface area contributed by atoms with Crippen molar-refractivity contribution in [1.29, 1.82) is 0 Å². The summed E-state index contributed by atoms with van der Waals surface area (Å²) in [5, 5.41) is 3.51. The number of ether oxygens (including phenoxy) is 1. The summed E-state index contributed by atoms with van der Waals surface area (Å²) >= 11 is 0. The van der Waals surface area contributed by atoms with Gasteiger partial charge in [-0.15, -0.1) is 0 Å². The highest BCUT2D eigenvalue weighted by atomic mass is 16.5. The third-order valence-electron chi connectivity index (χ3n) is 4.30. The predicted octanol–water partition coefficient (Wildman–Crippen LogP) is 1.12. The maximum atomic E-state index is 12.2. The average molecular weight is 209 g/mol. The normalized spacial score (nSPS) is 43.5. The van der Waals surface area contributed by atoms with Crippen molar-refractivity contribution in [3.05, 3.63) is 0 Å². The van der Waals surface area contributed by atoms with E-state index in [0.29, 0.717) is 11.8 Å². The van der Waals surface area contributed by atoms with Crippen LogP contribution in [0.5, 0.6) is 0 Å². The second kappa shape index (κ2) is 3.29. The second-order valence-corrected chi connectivity index (χ2v) is 5.50. The second-order valence-electron chi connectivity index (χ2n) is 5.50. The van der Waals surface area contributed by atoms with Crippen molar-refractivity contribution in [3.63, 3.8) is 0 Å². The summed E-state index contributed by atoms with van der Waals surface area (Å²) in [4.78, 5) is 12.2. The topological polar surface area (TPSA) is 38.3 Å². The van der Waals surface area contributed by atoms with Crippen molar-refractivity contribution in [3.8, 4) is 0 Å². The van der Waals surface area contributed by atoms with E-state index in [0.717, 1.165) is 38.9 Å². The van der Waals surface area contributed by atoms with Crippen LogP contribution in [-0.2, 0) is 9.53 Å². The molecular weight excluding hydrogens is 190 g/mol. The zero-order chi connectivity index (χ0) is 10.5. The van der Waals surface area contributed by atoms with Crippen molar-refractivity contribution in [1.82, 2.24) is 5.32 Å². The quantitative estimate of drug-likeness (QED) is 0.703. The van der Waals surface area contributed by atoms with Gasteiger partial charge in [-0.1, -0.05) is 0 Å². The molecule has 3 fully saturated rings. The van der Waals surface area contributed by atoms with Crippen LogP contribution in [-0.4, -0.2) is 31.1 Å². The number of rotatable bonds is 1. The standard InChI is InChI=1S/C12H19NO2/c1-8-6-15-7-10(13-8)9-2-3-12(4-5-12)11(9)14/h8-10,13H,2-7H2,1H3. The Morgan fingerprint density at radius 2 is 2.13 bits per heavy atom. The first-order valence-corrected chi connectivity index (χ1v) is 6.09. The molecule has 0 amide bonds. The number of Topliss-reactive ketones (excluding diaryl/α,β-unsaturated/α-hetero) is 1. The first kappa shape index (κ1) is 9.79. The molecule has 0 bridgehead atoms. The Hall–Kier alpha value is -0.410.